The maximum Gasteiger partial charge on any atom is 0.173 e. The van der Waals surface area contributed by atoms with E-state index in [9.17, 15) is 0 Å². The summed E-state index contributed by atoms with van der Waals surface area (Å²) in [5.74, 6) is 0.554. The first-order valence-electron chi connectivity index (χ1n) is 7.39. The van der Waals surface area contributed by atoms with Crippen LogP contribution in [-0.4, -0.2) is 44.3 Å². The van der Waals surface area contributed by atoms with Gasteiger partial charge in [-0.1, -0.05) is 6.92 Å². The van der Waals surface area contributed by atoms with Gasteiger partial charge >= 0.3 is 0 Å². The molecule has 0 amide bonds. The quantitative estimate of drug-likeness (QED) is 0.833. The Balaban J connectivity index is 1.42. The van der Waals surface area contributed by atoms with Crippen LogP contribution in [0.3, 0.4) is 0 Å². The van der Waals surface area contributed by atoms with Crippen LogP contribution in [0.15, 0.2) is 0 Å². The molecule has 4 heteroatoms. The van der Waals surface area contributed by atoms with E-state index in [1.54, 1.807) is 0 Å². The molecule has 1 saturated carbocycles. The van der Waals surface area contributed by atoms with E-state index < -0.39 is 0 Å². The molecule has 3 rings (SSSR count). The van der Waals surface area contributed by atoms with Crippen LogP contribution in [0.1, 0.15) is 39.0 Å². The summed E-state index contributed by atoms with van der Waals surface area (Å²) in [6, 6.07) is 0.690. The van der Waals surface area contributed by atoms with Gasteiger partial charge in [0, 0.05) is 25.4 Å². The van der Waals surface area contributed by atoms with Crippen molar-refractivity contribution < 1.29 is 14.2 Å². The third kappa shape index (κ3) is 2.87. The molecule has 3 fully saturated rings. The van der Waals surface area contributed by atoms with E-state index in [4.69, 9.17) is 14.2 Å². The van der Waals surface area contributed by atoms with Crippen molar-refractivity contribution in [2.75, 3.05) is 26.4 Å². The predicted octanol–water partition coefficient (Wildman–Crippen LogP) is 1.69. The van der Waals surface area contributed by atoms with Crippen molar-refractivity contribution in [2.24, 2.45) is 5.92 Å². The van der Waals surface area contributed by atoms with Crippen LogP contribution in [0.4, 0.5) is 0 Å². The average Bonchev–Trinajstić information content (AvgIpc) is 2.96. The normalized spacial score (nSPS) is 39.5. The van der Waals surface area contributed by atoms with Crippen molar-refractivity contribution in [1.29, 1.82) is 0 Å². The maximum absolute atomic E-state index is 6.11. The monoisotopic (exact) mass is 255 g/mol. The number of hydrogen-bond donors (Lipinski definition) is 1. The van der Waals surface area contributed by atoms with Gasteiger partial charge in [0.15, 0.2) is 5.79 Å². The predicted molar refractivity (Wildman–Crippen MR) is 68.4 cm³/mol. The summed E-state index contributed by atoms with van der Waals surface area (Å²) in [6.45, 7) is 5.53. The van der Waals surface area contributed by atoms with Crippen LogP contribution in [0.2, 0.25) is 0 Å². The van der Waals surface area contributed by atoms with Crippen LogP contribution in [0.25, 0.3) is 0 Å². The van der Waals surface area contributed by atoms with E-state index >= 15 is 0 Å². The first-order valence-corrected chi connectivity index (χ1v) is 7.39. The second-order valence-electron chi connectivity index (χ2n) is 6.10. The zero-order chi connectivity index (χ0) is 12.4. The van der Waals surface area contributed by atoms with Gasteiger partial charge in [-0.3, -0.25) is 0 Å². The van der Waals surface area contributed by atoms with Crippen molar-refractivity contribution in [1.82, 2.24) is 5.32 Å². The van der Waals surface area contributed by atoms with E-state index in [0.29, 0.717) is 6.04 Å². The fourth-order valence-electron chi connectivity index (χ4n) is 3.35. The van der Waals surface area contributed by atoms with Gasteiger partial charge in [-0.2, -0.15) is 0 Å². The van der Waals surface area contributed by atoms with E-state index in [-0.39, 0.29) is 11.9 Å². The number of hydrogen-bond acceptors (Lipinski definition) is 4. The summed E-state index contributed by atoms with van der Waals surface area (Å²) in [7, 11) is 0. The first-order chi connectivity index (χ1) is 8.76. The highest BCUT2D eigenvalue weighted by Crippen LogP contribution is 2.33. The van der Waals surface area contributed by atoms with Crippen LogP contribution < -0.4 is 5.32 Å². The molecule has 2 aliphatic heterocycles. The van der Waals surface area contributed by atoms with Gasteiger partial charge in [0.05, 0.1) is 25.9 Å². The highest BCUT2D eigenvalue weighted by atomic mass is 16.7. The number of nitrogens with one attached hydrogen (secondary N) is 1. The maximum atomic E-state index is 6.11. The molecule has 0 bridgehead atoms. The molecule has 0 radical (unpaired) electrons. The molecule has 0 aromatic rings. The lowest BCUT2D eigenvalue weighted by molar-refractivity contribution is -0.210. The van der Waals surface area contributed by atoms with Crippen molar-refractivity contribution in [3.8, 4) is 0 Å². The van der Waals surface area contributed by atoms with Crippen LogP contribution in [0.5, 0.6) is 0 Å². The molecule has 2 saturated heterocycles. The lowest BCUT2D eigenvalue weighted by Gasteiger charge is -2.31. The minimum Gasteiger partial charge on any atom is -0.381 e. The highest BCUT2D eigenvalue weighted by molar-refractivity contribution is 4.84. The molecular weight excluding hydrogens is 230 g/mol. The van der Waals surface area contributed by atoms with Gasteiger partial charge in [-0.15, -0.1) is 0 Å². The van der Waals surface area contributed by atoms with Crippen molar-refractivity contribution in [2.45, 2.75) is 57.0 Å². The Morgan fingerprint density at radius 2 is 2.06 bits per heavy atom. The highest BCUT2D eigenvalue weighted by Gasteiger charge is 2.42. The lowest BCUT2D eigenvalue weighted by Crippen LogP contribution is -2.40. The van der Waals surface area contributed by atoms with Crippen LogP contribution in [-0.2, 0) is 14.2 Å². The fraction of sp³-hybridized carbons (Fsp3) is 1.00. The summed E-state index contributed by atoms with van der Waals surface area (Å²) in [5.41, 5.74) is 0. The van der Waals surface area contributed by atoms with E-state index in [0.717, 1.165) is 45.1 Å². The van der Waals surface area contributed by atoms with Crippen molar-refractivity contribution in [3.05, 3.63) is 0 Å². The zero-order valence-electron chi connectivity index (χ0n) is 11.3. The lowest BCUT2D eigenvalue weighted by atomic mass is 10.1. The van der Waals surface area contributed by atoms with E-state index in [2.05, 4.69) is 12.2 Å². The van der Waals surface area contributed by atoms with Crippen LogP contribution >= 0.6 is 0 Å². The Morgan fingerprint density at radius 1 is 1.22 bits per heavy atom. The third-order valence-corrected chi connectivity index (χ3v) is 4.50. The third-order valence-electron chi connectivity index (χ3n) is 4.50. The molecule has 3 aliphatic rings. The molecule has 3 atom stereocenters. The molecule has 0 unspecified atom stereocenters. The summed E-state index contributed by atoms with van der Waals surface area (Å²) >= 11 is 0. The standard InChI is InChI=1S/C14H25NO3/c1-11-2-3-12(8-11)15-9-13-10-17-14(18-13)4-6-16-7-5-14/h11-13,15H,2-10H2,1H3/t11-,12-,13-/m1/s1. The van der Waals surface area contributed by atoms with Crippen LogP contribution in [0, 0.1) is 5.92 Å². The van der Waals surface area contributed by atoms with Gasteiger partial charge < -0.3 is 19.5 Å². The van der Waals surface area contributed by atoms with Gasteiger partial charge in [-0.25, -0.2) is 0 Å². The summed E-state index contributed by atoms with van der Waals surface area (Å²) in [4.78, 5) is 0. The van der Waals surface area contributed by atoms with Crippen molar-refractivity contribution in [3.63, 3.8) is 0 Å². The Hall–Kier alpha value is -0.160. The zero-order valence-corrected chi connectivity index (χ0v) is 11.3. The van der Waals surface area contributed by atoms with Gasteiger partial charge in [0.1, 0.15) is 0 Å². The minimum atomic E-state index is -0.326. The minimum absolute atomic E-state index is 0.221. The Kier molecular flexibility index (Phi) is 3.89. The van der Waals surface area contributed by atoms with Gasteiger partial charge in [-0.05, 0) is 25.2 Å². The average molecular weight is 255 g/mol. The smallest absolute Gasteiger partial charge is 0.173 e. The Morgan fingerprint density at radius 3 is 2.78 bits per heavy atom. The van der Waals surface area contributed by atoms with E-state index in [1.807, 2.05) is 0 Å². The van der Waals surface area contributed by atoms with Crippen molar-refractivity contribution >= 4 is 0 Å². The molecule has 1 aliphatic carbocycles. The molecule has 0 aromatic heterocycles. The SMILES string of the molecule is C[C@@H]1CC[C@@H](NC[C@@H]2COC3(CCOCC3)O2)C1. The molecule has 4 nitrogen and oxygen atoms in total. The molecule has 0 aromatic carbocycles. The van der Waals surface area contributed by atoms with E-state index in [1.165, 1.54) is 19.3 Å². The Labute approximate surface area is 109 Å². The molecule has 1 spiro atoms. The second kappa shape index (κ2) is 5.45. The fourth-order valence-corrected chi connectivity index (χ4v) is 3.35. The Bertz CT molecular complexity index is 278. The first kappa shape index (κ1) is 12.9. The number of ether oxygens (including phenoxy) is 3. The second-order valence-corrected chi connectivity index (χ2v) is 6.10. The summed E-state index contributed by atoms with van der Waals surface area (Å²) in [5, 5.41) is 3.64. The summed E-state index contributed by atoms with van der Waals surface area (Å²) < 4.78 is 17.4. The van der Waals surface area contributed by atoms with Gasteiger partial charge in [0.2, 0.25) is 0 Å². The molecule has 1 N–H and O–H groups in total. The van der Waals surface area contributed by atoms with Gasteiger partial charge in [0.25, 0.3) is 0 Å². The largest absolute Gasteiger partial charge is 0.381 e. The molecule has 104 valence electrons. The number of rotatable bonds is 3. The topological polar surface area (TPSA) is 39.7 Å². The summed E-state index contributed by atoms with van der Waals surface area (Å²) in [6.07, 6.45) is 5.97. The molecule has 2 heterocycles. The molecular formula is C14H25NO3. The molecule has 18 heavy (non-hydrogen) atoms.